The standard InChI is InChI=1S/C22H24ClN5OS/c1-22(2)21(29)27(10-11-28(22)9-3-4-16-6-8-19(23)30-16)13-15-5-7-17-18(12-15)25-14-26-20(17)24/h3-8,12,14H,9-11,13H2,1-2H3,(H2,24,25,26). The summed E-state index contributed by atoms with van der Waals surface area (Å²) in [5.41, 5.74) is 7.17. The Hall–Kier alpha value is -2.48. The number of hydrogen-bond acceptors (Lipinski definition) is 6. The third kappa shape index (κ3) is 4.19. The molecule has 0 unspecified atom stereocenters. The smallest absolute Gasteiger partial charge is 0.242 e. The number of carbonyl (C=O) groups is 1. The van der Waals surface area contributed by atoms with Crippen LogP contribution in [0.2, 0.25) is 4.34 Å². The highest BCUT2D eigenvalue weighted by Crippen LogP contribution is 2.26. The van der Waals surface area contributed by atoms with Crippen molar-refractivity contribution in [1.82, 2.24) is 19.8 Å². The number of piperazine rings is 1. The van der Waals surface area contributed by atoms with Crippen LogP contribution < -0.4 is 5.73 Å². The minimum atomic E-state index is -0.570. The van der Waals surface area contributed by atoms with Crippen molar-refractivity contribution in [2.24, 2.45) is 0 Å². The van der Waals surface area contributed by atoms with Crippen LogP contribution in [0.4, 0.5) is 5.82 Å². The fourth-order valence-corrected chi connectivity index (χ4v) is 4.76. The summed E-state index contributed by atoms with van der Waals surface area (Å²) in [4.78, 5) is 26.8. The molecule has 3 heterocycles. The predicted molar refractivity (Wildman–Crippen MR) is 123 cm³/mol. The van der Waals surface area contributed by atoms with Crippen LogP contribution >= 0.6 is 22.9 Å². The molecule has 0 aliphatic carbocycles. The second kappa shape index (κ2) is 8.34. The molecule has 1 aromatic carbocycles. The van der Waals surface area contributed by atoms with E-state index in [4.69, 9.17) is 17.3 Å². The third-order valence-corrected chi connectivity index (χ3v) is 6.74. The number of nitrogens with zero attached hydrogens (tertiary/aromatic N) is 4. The van der Waals surface area contributed by atoms with Gasteiger partial charge >= 0.3 is 0 Å². The molecule has 1 aliphatic heterocycles. The summed E-state index contributed by atoms with van der Waals surface area (Å²) in [5, 5.41) is 0.830. The molecule has 0 radical (unpaired) electrons. The van der Waals surface area contributed by atoms with Gasteiger partial charge in [-0.1, -0.05) is 23.7 Å². The summed E-state index contributed by atoms with van der Waals surface area (Å²) in [5.74, 6) is 0.596. The molecule has 1 aliphatic rings. The van der Waals surface area contributed by atoms with Crippen LogP contribution in [0.3, 0.4) is 0 Å². The van der Waals surface area contributed by atoms with Gasteiger partial charge in [0.25, 0.3) is 0 Å². The van der Waals surface area contributed by atoms with Crippen LogP contribution in [-0.2, 0) is 11.3 Å². The first-order chi connectivity index (χ1) is 14.3. The van der Waals surface area contributed by atoms with E-state index in [-0.39, 0.29) is 5.91 Å². The number of amides is 1. The van der Waals surface area contributed by atoms with Gasteiger partial charge in [0.1, 0.15) is 12.1 Å². The number of hydrogen-bond donors (Lipinski definition) is 1. The van der Waals surface area contributed by atoms with E-state index >= 15 is 0 Å². The first kappa shape index (κ1) is 20.8. The molecule has 0 atom stereocenters. The first-order valence-electron chi connectivity index (χ1n) is 9.80. The number of aromatic nitrogens is 2. The second-order valence-corrected chi connectivity index (χ2v) is 9.63. The molecule has 1 amide bonds. The van der Waals surface area contributed by atoms with Crippen LogP contribution in [0, 0.1) is 0 Å². The maximum atomic E-state index is 13.2. The van der Waals surface area contributed by atoms with Crippen LogP contribution in [-0.4, -0.2) is 50.8 Å². The maximum absolute atomic E-state index is 13.2. The summed E-state index contributed by atoms with van der Waals surface area (Å²) in [6.45, 7) is 6.76. The van der Waals surface area contributed by atoms with E-state index in [1.165, 1.54) is 6.33 Å². The van der Waals surface area contributed by atoms with E-state index < -0.39 is 5.54 Å². The van der Waals surface area contributed by atoms with E-state index in [1.807, 2.05) is 49.1 Å². The Morgan fingerprint density at radius 3 is 2.83 bits per heavy atom. The third-order valence-electron chi connectivity index (χ3n) is 5.55. The Kier molecular flexibility index (Phi) is 5.77. The monoisotopic (exact) mass is 441 g/mol. The minimum Gasteiger partial charge on any atom is -0.383 e. The number of benzene rings is 1. The van der Waals surface area contributed by atoms with E-state index in [0.717, 1.165) is 32.2 Å². The second-order valence-electron chi connectivity index (χ2n) is 7.89. The Morgan fingerprint density at radius 2 is 2.07 bits per heavy atom. The molecule has 156 valence electrons. The number of fused-ring (bicyclic) bond motifs is 1. The molecule has 0 spiro atoms. The van der Waals surface area contributed by atoms with Crippen LogP contribution in [0.25, 0.3) is 17.0 Å². The van der Waals surface area contributed by atoms with Crippen molar-refractivity contribution in [2.45, 2.75) is 25.9 Å². The lowest BCUT2D eigenvalue weighted by atomic mass is 9.96. The van der Waals surface area contributed by atoms with Crippen molar-refractivity contribution in [3.63, 3.8) is 0 Å². The Morgan fingerprint density at radius 1 is 1.23 bits per heavy atom. The molecule has 6 nitrogen and oxygen atoms in total. The highest BCUT2D eigenvalue weighted by Gasteiger charge is 2.41. The number of thiophene rings is 1. The molecule has 1 saturated heterocycles. The lowest BCUT2D eigenvalue weighted by molar-refractivity contribution is -0.149. The first-order valence-corrected chi connectivity index (χ1v) is 11.0. The minimum absolute atomic E-state index is 0.128. The summed E-state index contributed by atoms with van der Waals surface area (Å²) in [6, 6.07) is 9.79. The van der Waals surface area contributed by atoms with Crippen molar-refractivity contribution in [3.05, 3.63) is 57.5 Å². The topological polar surface area (TPSA) is 75.3 Å². The van der Waals surface area contributed by atoms with Gasteiger partial charge < -0.3 is 10.6 Å². The van der Waals surface area contributed by atoms with Gasteiger partial charge in [0.05, 0.1) is 15.4 Å². The van der Waals surface area contributed by atoms with Gasteiger partial charge in [-0.2, -0.15) is 0 Å². The van der Waals surface area contributed by atoms with E-state index in [2.05, 4.69) is 27.0 Å². The van der Waals surface area contributed by atoms with E-state index in [1.54, 1.807) is 11.3 Å². The summed E-state index contributed by atoms with van der Waals surface area (Å²) in [6.07, 6.45) is 5.62. The summed E-state index contributed by atoms with van der Waals surface area (Å²) < 4.78 is 0.779. The number of rotatable bonds is 5. The zero-order chi connectivity index (χ0) is 21.3. The average Bonchev–Trinajstić information content (AvgIpc) is 3.13. The van der Waals surface area contributed by atoms with Gasteiger partial charge in [-0.25, -0.2) is 9.97 Å². The zero-order valence-corrected chi connectivity index (χ0v) is 18.6. The molecule has 2 aromatic heterocycles. The Bertz CT molecular complexity index is 1110. The van der Waals surface area contributed by atoms with Gasteiger partial charge in [0, 0.05) is 36.4 Å². The van der Waals surface area contributed by atoms with Gasteiger partial charge in [0.2, 0.25) is 5.91 Å². The van der Waals surface area contributed by atoms with E-state index in [0.29, 0.717) is 25.5 Å². The van der Waals surface area contributed by atoms with Crippen molar-refractivity contribution in [1.29, 1.82) is 0 Å². The summed E-state index contributed by atoms with van der Waals surface area (Å²) in [7, 11) is 0. The molecular weight excluding hydrogens is 418 g/mol. The maximum Gasteiger partial charge on any atom is 0.242 e. The van der Waals surface area contributed by atoms with E-state index in [9.17, 15) is 4.79 Å². The van der Waals surface area contributed by atoms with Crippen molar-refractivity contribution >= 4 is 51.6 Å². The highest BCUT2D eigenvalue weighted by molar-refractivity contribution is 7.16. The van der Waals surface area contributed by atoms with Crippen molar-refractivity contribution < 1.29 is 4.79 Å². The molecular formula is C22H24ClN5OS. The number of anilines is 1. The average molecular weight is 442 g/mol. The van der Waals surface area contributed by atoms with Gasteiger partial charge in [-0.05, 0) is 49.8 Å². The Labute approximate surface area is 185 Å². The SMILES string of the molecule is CC1(C)C(=O)N(Cc2ccc3c(N)ncnc3c2)CCN1CC=Cc1ccc(Cl)s1. The normalized spacial score (nSPS) is 17.3. The number of carbonyl (C=O) groups excluding carboxylic acids is 1. The molecule has 0 saturated carbocycles. The predicted octanol–water partition coefficient (Wildman–Crippen LogP) is 4.06. The molecule has 1 fully saturated rings. The van der Waals surface area contributed by atoms with Gasteiger partial charge in [-0.3, -0.25) is 9.69 Å². The van der Waals surface area contributed by atoms with Crippen LogP contribution in [0.15, 0.2) is 42.7 Å². The van der Waals surface area contributed by atoms with Gasteiger partial charge in [0.15, 0.2) is 0 Å². The molecule has 0 bridgehead atoms. The Balaban J connectivity index is 1.44. The number of halogens is 1. The van der Waals surface area contributed by atoms with Gasteiger partial charge in [-0.15, -0.1) is 11.3 Å². The molecule has 8 heteroatoms. The van der Waals surface area contributed by atoms with Crippen LogP contribution in [0.5, 0.6) is 0 Å². The fraction of sp³-hybridized carbons (Fsp3) is 0.318. The fourth-order valence-electron chi connectivity index (χ4n) is 3.77. The van der Waals surface area contributed by atoms with Crippen LogP contribution in [0.1, 0.15) is 24.3 Å². The van der Waals surface area contributed by atoms with Crippen molar-refractivity contribution in [2.75, 3.05) is 25.4 Å². The molecule has 2 N–H and O–H groups in total. The number of nitrogen functional groups attached to an aromatic ring is 1. The largest absolute Gasteiger partial charge is 0.383 e. The molecule has 30 heavy (non-hydrogen) atoms. The molecule has 3 aromatic rings. The lowest BCUT2D eigenvalue weighted by Gasteiger charge is -2.45. The highest BCUT2D eigenvalue weighted by atomic mass is 35.5. The molecule has 4 rings (SSSR count). The summed E-state index contributed by atoms with van der Waals surface area (Å²) >= 11 is 7.53. The number of nitrogens with two attached hydrogens (primary N) is 1. The zero-order valence-electron chi connectivity index (χ0n) is 17.0. The van der Waals surface area contributed by atoms with Crippen molar-refractivity contribution in [3.8, 4) is 0 Å². The lowest BCUT2D eigenvalue weighted by Crippen LogP contribution is -2.62. The quantitative estimate of drug-likeness (QED) is 0.646.